The van der Waals surface area contributed by atoms with Crippen molar-refractivity contribution in [1.29, 1.82) is 0 Å². The molecule has 0 amide bonds. The van der Waals surface area contributed by atoms with Gasteiger partial charge in [-0.25, -0.2) is 0 Å². The molecule has 2 rings (SSSR count). The molecule has 4 heteroatoms. The van der Waals surface area contributed by atoms with E-state index in [0.29, 0.717) is 25.9 Å². The minimum absolute atomic E-state index is 0.306. The van der Waals surface area contributed by atoms with E-state index in [2.05, 4.69) is 22.0 Å². The zero-order chi connectivity index (χ0) is 14.2. The molecule has 0 radical (unpaired) electrons. The van der Waals surface area contributed by atoms with E-state index in [-0.39, 0.29) is 13.3 Å². The topological polar surface area (TPSA) is 19.0 Å². The zero-order valence-electron chi connectivity index (χ0n) is 11.7. The molecule has 2 aromatic rings. The molecule has 0 aliphatic carbocycles. The van der Waals surface area contributed by atoms with Crippen LogP contribution in [-0.2, 0) is 6.42 Å². The van der Waals surface area contributed by atoms with Crippen LogP contribution in [0.3, 0.4) is 0 Å². The fraction of sp³-hybridized carbons (Fsp3) is 0.500. The van der Waals surface area contributed by atoms with Crippen LogP contribution < -0.4 is 0 Å². The Morgan fingerprint density at radius 3 is 2.35 bits per heavy atom. The van der Waals surface area contributed by atoms with Crippen LogP contribution >= 0.6 is 0 Å². The smallest absolute Gasteiger partial charge is 0.0906 e. The summed E-state index contributed by atoms with van der Waals surface area (Å²) < 4.78 is 24.6. The maximum Gasteiger partial charge on any atom is 0.0906 e. The van der Waals surface area contributed by atoms with Gasteiger partial charge in [-0.3, -0.25) is 8.78 Å². The van der Waals surface area contributed by atoms with Crippen LogP contribution in [0.15, 0.2) is 30.5 Å². The molecule has 0 atom stereocenters. The second-order valence-electron chi connectivity index (χ2n) is 5.04. The number of H-pyrrole nitrogens is 1. The number of nitrogens with zero attached hydrogens (tertiary/aromatic N) is 1. The average molecular weight is 280 g/mol. The van der Waals surface area contributed by atoms with Crippen molar-refractivity contribution in [2.45, 2.75) is 19.3 Å². The highest BCUT2D eigenvalue weighted by atomic mass is 19.1. The van der Waals surface area contributed by atoms with Crippen molar-refractivity contribution in [3.63, 3.8) is 0 Å². The van der Waals surface area contributed by atoms with Gasteiger partial charge in [0, 0.05) is 36.7 Å². The average Bonchev–Trinajstić information content (AvgIpc) is 2.90. The van der Waals surface area contributed by atoms with Gasteiger partial charge in [0.1, 0.15) is 0 Å². The van der Waals surface area contributed by atoms with E-state index in [4.69, 9.17) is 0 Å². The van der Waals surface area contributed by atoms with Crippen LogP contribution in [0, 0.1) is 0 Å². The first-order chi connectivity index (χ1) is 9.85. The predicted octanol–water partition coefficient (Wildman–Crippen LogP) is 3.73. The van der Waals surface area contributed by atoms with E-state index < -0.39 is 0 Å². The molecule has 0 aliphatic heterocycles. The summed E-state index contributed by atoms with van der Waals surface area (Å²) >= 11 is 0. The standard InChI is InChI=1S/C16H22F2N2/c17-8-3-10-20(11-4-9-18)12-7-14-13-19-16-6-2-1-5-15(14)16/h1-2,5-6,13,19H,3-4,7-12H2. The number of hydrogen-bond donors (Lipinski definition) is 1. The van der Waals surface area contributed by atoms with Gasteiger partial charge in [-0.05, 0) is 30.9 Å². The van der Waals surface area contributed by atoms with Gasteiger partial charge in [0.2, 0.25) is 0 Å². The molecule has 1 aromatic carbocycles. The highest BCUT2D eigenvalue weighted by molar-refractivity contribution is 5.83. The summed E-state index contributed by atoms with van der Waals surface area (Å²) in [5, 5.41) is 1.24. The van der Waals surface area contributed by atoms with Crippen molar-refractivity contribution >= 4 is 10.9 Å². The Labute approximate surface area is 118 Å². The number of alkyl halides is 2. The summed E-state index contributed by atoms with van der Waals surface area (Å²) in [5.41, 5.74) is 2.41. The first-order valence-corrected chi connectivity index (χ1v) is 7.24. The number of rotatable bonds is 9. The molecular formula is C16H22F2N2. The maximum absolute atomic E-state index is 12.3. The molecular weight excluding hydrogens is 258 g/mol. The summed E-state index contributed by atoms with van der Waals surface area (Å²) in [4.78, 5) is 5.41. The first kappa shape index (κ1) is 15.0. The molecule has 20 heavy (non-hydrogen) atoms. The fourth-order valence-corrected chi connectivity index (χ4v) is 2.52. The quantitative estimate of drug-likeness (QED) is 0.741. The SMILES string of the molecule is FCCCN(CCCF)CCc1c[nH]c2ccccc12. The number of halogens is 2. The predicted molar refractivity (Wildman–Crippen MR) is 79.6 cm³/mol. The van der Waals surface area contributed by atoms with Crippen LogP contribution in [0.4, 0.5) is 8.78 Å². The third-order valence-electron chi connectivity index (χ3n) is 3.59. The summed E-state index contributed by atoms with van der Waals surface area (Å²) in [6, 6.07) is 8.21. The van der Waals surface area contributed by atoms with Crippen LogP contribution in [0.1, 0.15) is 18.4 Å². The molecule has 0 aliphatic rings. The second-order valence-corrected chi connectivity index (χ2v) is 5.04. The number of para-hydroxylation sites is 1. The monoisotopic (exact) mass is 280 g/mol. The zero-order valence-corrected chi connectivity index (χ0v) is 11.7. The van der Waals surface area contributed by atoms with E-state index in [0.717, 1.165) is 18.5 Å². The first-order valence-electron chi connectivity index (χ1n) is 7.24. The van der Waals surface area contributed by atoms with Gasteiger partial charge in [0.15, 0.2) is 0 Å². The molecule has 1 N–H and O–H groups in total. The second kappa shape index (κ2) is 8.00. The van der Waals surface area contributed by atoms with Gasteiger partial charge in [0.25, 0.3) is 0 Å². The molecule has 0 spiro atoms. The van der Waals surface area contributed by atoms with Crippen LogP contribution in [0.25, 0.3) is 10.9 Å². The number of aromatic nitrogens is 1. The Hall–Kier alpha value is -1.42. The van der Waals surface area contributed by atoms with Crippen molar-refractivity contribution in [2.24, 2.45) is 0 Å². The Bertz CT molecular complexity index is 502. The lowest BCUT2D eigenvalue weighted by Crippen LogP contribution is -2.29. The number of hydrogen-bond acceptors (Lipinski definition) is 1. The number of aromatic amines is 1. The van der Waals surface area contributed by atoms with Gasteiger partial charge < -0.3 is 9.88 Å². The maximum atomic E-state index is 12.3. The molecule has 0 unspecified atom stereocenters. The Balaban J connectivity index is 1.93. The third-order valence-corrected chi connectivity index (χ3v) is 3.59. The Morgan fingerprint density at radius 2 is 1.65 bits per heavy atom. The lowest BCUT2D eigenvalue weighted by Gasteiger charge is -2.21. The summed E-state index contributed by atoms with van der Waals surface area (Å²) in [6.45, 7) is 1.65. The van der Waals surface area contributed by atoms with Gasteiger partial charge in [0.05, 0.1) is 13.3 Å². The lowest BCUT2D eigenvalue weighted by molar-refractivity contribution is 0.249. The normalized spacial score (nSPS) is 11.6. The number of nitrogens with one attached hydrogen (secondary N) is 1. The van der Waals surface area contributed by atoms with Crippen LogP contribution in [0.5, 0.6) is 0 Å². The summed E-state index contributed by atoms with van der Waals surface area (Å²) in [6.07, 6.45) is 4.00. The highest BCUT2D eigenvalue weighted by Crippen LogP contribution is 2.18. The largest absolute Gasteiger partial charge is 0.361 e. The Morgan fingerprint density at radius 1 is 0.950 bits per heavy atom. The molecule has 110 valence electrons. The van der Waals surface area contributed by atoms with Crippen molar-refractivity contribution in [2.75, 3.05) is 33.0 Å². The highest BCUT2D eigenvalue weighted by Gasteiger charge is 2.08. The number of fused-ring (bicyclic) bond motifs is 1. The van der Waals surface area contributed by atoms with Gasteiger partial charge in [-0.15, -0.1) is 0 Å². The van der Waals surface area contributed by atoms with Gasteiger partial charge in [-0.2, -0.15) is 0 Å². The minimum atomic E-state index is -0.306. The molecule has 0 saturated heterocycles. The molecule has 0 bridgehead atoms. The van der Waals surface area contributed by atoms with Crippen LogP contribution in [0.2, 0.25) is 0 Å². The summed E-state index contributed by atoms with van der Waals surface area (Å²) in [5.74, 6) is 0. The molecule has 0 saturated carbocycles. The molecule has 0 fully saturated rings. The Kier molecular flexibility index (Phi) is 5.99. The van der Waals surface area contributed by atoms with Gasteiger partial charge in [-0.1, -0.05) is 18.2 Å². The van der Waals surface area contributed by atoms with Gasteiger partial charge >= 0.3 is 0 Å². The van der Waals surface area contributed by atoms with Crippen molar-refractivity contribution in [3.8, 4) is 0 Å². The third kappa shape index (κ3) is 4.04. The van der Waals surface area contributed by atoms with Crippen molar-refractivity contribution in [1.82, 2.24) is 9.88 Å². The van der Waals surface area contributed by atoms with Crippen molar-refractivity contribution in [3.05, 3.63) is 36.0 Å². The van der Waals surface area contributed by atoms with E-state index in [1.165, 1.54) is 10.9 Å². The van der Waals surface area contributed by atoms with E-state index in [1.807, 2.05) is 18.3 Å². The molecule has 1 heterocycles. The van der Waals surface area contributed by atoms with E-state index in [9.17, 15) is 8.78 Å². The van der Waals surface area contributed by atoms with E-state index >= 15 is 0 Å². The lowest BCUT2D eigenvalue weighted by atomic mass is 10.1. The molecule has 2 nitrogen and oxygen atoms in total. The van der Waals surface area contributed by atoms with E-state index in [1.54, 1.807) is 0 Å². The summed E-state index contributed by atoms with van der Waals surface area (Å²) in [7, 11) is 0. The van der Waals surface area contributed by atoms with Crippen molar-refractivity contribution < 1.29 is 8.78 Å². The molecule has 1 aromatic heterocycles. The number of benzene rings is 1. The fourth-order valence-electron chi connectivity index (χ4n) is 2.52. The van der Waals surface area contributed by atoms with Crippen LogP contribution in [-0.4, -0.2) is 42.9 Å². The minimum Gasteiger partial charge on any atom is -0.361 e.